The number of hydrogen-bond donors (Lipinski definition) is 3. The van der Waals surface area contributed by atoms with Gasteiger partial charge in [-0.3, -0.25) is 9.78 Å². The van der Waals surface area contributed by atoms with Crippen LogP contribution in [0.5, 0.6) is 5.75 Å². The predicted octanol–water partition coefficient (Wildman–Crippen LogP) is 3.66. The van der Waals surface area contributed by atoms with E-state index in [1.165, 1.54) is 0 Å². The molecule has 7 heteroatoms. The Kier molecular flexibility index (Phi) is 6.20. The Morgan fingerprint density at radius 3 is 2.64 bits per heavy atom. The van der Waals surface area contributed by atoms with Gasteiger partial charge < -0.3 is 20.7 Å². The first-order valence-electron chi connectivity index (χ1n) is 8.64. The number of carbonyl (C=O) groups is 2. The summed E-state index contributed by atoms with van der Waals surface area (Å²) in [6, 6.07) is 17.0. The molecular weight excluding hydrogens is 356 g/mol. The van der Waals surface area contributed by atoms with Crippen LogP contribution in [0.3, 0.4) is 0 Å². The van der Waals surface area contributed by atoms with Gasteiger partial charge in [0.25, 0.3) is 5.91 Å². The number of pyridine rings is 1. The van der Waals surface area contributed by atoms with Crippen molar-refractivity contribution in [3.63, 3.8) is 0 Å². The minimum Gasteiger partial charge on any atom is -0.497 e. The number of carbonyl (C=O) groups excluding carboxylic acids is 2. The summed E-state index contributed by atoms with van der Waals surface area (Å²) in [5.41, 5.74) is 2.24. The molecule has 0 fully saturated rings. The third-order valence-electron chi connectivity index (χ3n) is 3.92. The van der Waals surface area contributed by atoms with Gasteiger partial charge >= 0.3 is 6.03 Å². The number of para-hydroxylation sites is 1. The number of nitrogens with zero attached hydrogens (tertiary/aromatic N) is 1. The number of urea groups is 1. The van der Waals surface area contributed by atoms with Gasteiger partial charge in [0.1, 0.15) is 5.75 Å². The van der Waals surface area contributed by atoms with Gasteiger partial charge in [-0.15, -0.1) is 0 Å². The molecule has 0 aliphatic carbocycles. The molecule has 1 aromatic heterocycles. The van der Waals surface area contributed by atoms with Crippen LogP contribution in [0.2, 0.25) is 0 Å². The molecule has 0 unspecified atom stereocenters. The van der Waals surface area contributed by atoms with Gasteiger partial charge in [-0.1, -0.05) is 24.3 Å². The van der Waals surface area contributed by atoms with Crippen molar-refractivity contribution in [2.75, 3.05) is 17.7 Å². The molecule has 0 radical (unpaired) electrons. The molecule has 0 aliphatic rings. The van der Waals surface area contributed by atoms with E-state index < -0.39 is 6.03 Å². The number of rotatable bonds is 6. The second-order valence-electron chi connectivity index (χ2n) is 5.90. The fourth-order valence-corrected chi connectivity index (χ4v) is 2.56. The molecule has 0 saturated heterocycles. The lowest BCUT2D eigenvalue weighted by atomic mass is 10.1. The number of anilines is 2. The highest BCUT2D eigenvalue weighted by Gasteiger charge is 2.13. The SMILES string of the molecule is COc1cccc(NC(=O)Nc2ccccc2C(=O)NCc2cccnc2)c1. The van der Waals surface area contributed by atoms with Crippen LogP contribution < -0.4 is 20.7 Å². The second kappa shape index (κ2) is 9.18. The Morgan fingerprint density at radius 1 is 1.00 bits per heavy atom. The van der Waals surface area contributed by atoms with E-state index >= 15 is 0 Å². The van der Waals surface area contributed by atoms with Crippen molar-refractivity contribution >= 4 is 23.3 Å². The topological polar surface area (TPSA) is 92.4 Å². The van der Waals surface area contributed by atoms with Crippen molar-refractivity contribution in [2.45, 2.75) is 6.54 Å². The Labute approximate surface area is 162 Å². The van der Waals surface area contributed by atoms with Gasteiger partial charge in [0.2, 0.25) is 0 Å². The number of nitrogens with one attached hydrogen (secondary N) is 3. The van der Waals surface area contributed by atoms with Crippen LogP contribution in [0, 0.1) is 0 Å². The third kappa shape index (κ3) is 5.07. The first-order valence-corrected chi connectivity index (χ1v) is 8.64. The number of benzene rings is 2. The molecule has 0 spiro atoms. The molecule has 0 saturated carbocycles. The summed E-state index contributed by atoms with van der Waals surface area (Å²) in [7, 11) is 1.56. The maximum atomic E-state index is 12.5. The Morgan fingerprint density at radius 2 is 1.86 bits per heavy atom. The van der Waals surface area contributed by atoms with E-state index in [-0.39, 0.29) is 5.91 Å². The molecule has 7 nitrogen and oxygen atoms in total. The normalized spacial score (nSPS) is 10.0. The lowest BCUT2D eigenvalue weighted by Crippen LogP contribution is -2.26. The smallest absolute Gasteiger partial charge is 0.323 e. The number of ether oxygens (including phenoxy) is 1. The molecule has 0 bridgehead atoms. The quantitative estimate of drug-likeness (QED) is 0.612. The lowest BCUT2D eigenvalue weighted by Gasteiger charge is -2.12. The first-order chi connectivity index (χ1) is 13.7. The maximum Gasteiger partial charge on any atom is 0.323 e. The molecule has 3 rings (SSSR count). The highest BCUT2D eigenvalue weighted by atomic mass is 16.5. The van der Waals surface area contributed by atoms with Crippen molar-refractivity contribution in [1.29, 1.82) is 0 Å². The maximum absolute atomic E-state index is 12.5. The zero-order valence-corrected chi connectivity index (χ0v) is 15.3. The molecular formula is C21H20N4O3. The molecule has 3 aromatic rings. The zero-order chi connectivity index (χ0) is 19.8. The summed E-state index contributed by atoms with van der Waals surface area (Å²) in [5, 5.41) is 8.26. The molecule has 28 heavy (non-hydrogen) atoms. The van der Waals surface area contributed by atoms with Crippen LogP contribution in [0.15, 0.2) is 73.1 Å². The highest BCUT2D eigenvalue weighted by Crippen LogP contribution is 2.18. The van der Waals surface area contributed by atoms with Crippen molar-refractivity contribution in [3.05, 3.63) is 84.2 Å². The van der Waals surface area contributed by atoms with E-state index in [1.54, 1.807) is 74.1 Å². The van der Waals surface area contributed by atoms with Crippen molar-refractivity contribution in [1.82, 2.24) is 10.3 Å². The number of hydrogen-bond acceptors (Lipinski definition) is 4. The number of aromatic nitrogens is 1. The molecule has 2 aromatic carbocycles. The van der Waals surface area contributed by atoms with E-state index in [0.29, 0.717) is 29.2 Å². The van der Waals surface area contributed by atoms with Crippen LogP contribution in [0.4, 0.5) is 16.2 Å². The van der Waals surface area contributed by atoms with Gasteiger partial charge in [0, 0.05) is 30.7 Å². The van der Waals surface area contributed by atoms with Crippen molar-refractivity contribution in [2.24, 2.45) is 0 Å². The van der Waals surface area contributed by atoms with E-state index in [1.807, 2.05) is 6.07 Å². The van der Waals surface area contributed by atoms with Crippen molar-refractivity contribution in [3.8, 4) is 5.75 Å². The summed E-state index contributed by atoms with van der Waals surface area (Å²) >= 11 is 0. The van der Waals surface area contributed by atoms with Gasteiger partial charge in [-0.05, 0) is 35.9 Å². The summed E-state index contributed by atoms with van der Waals surface area (Å²) in [5.74, 6) is 0.342. The fourth-order valence-electron chi connectivity index (χ4n) is 2.56. The van der Waals surface area contributed by atoms with Gasteiger partial charge in [0.15, 0.2) is 0 Å². The van der Waals surface area contributed by atoms with E-state index in [0.717, 1.165) is 5.56 Å². The Hall–Kier alpha value is -3.87. The Balaban J connectivity index is 1.65. The fraction of sp³-hybridized carbons (Fsp3) is 0.0952. The summed E-state index contributed by atoms with van der Waals surface area (Å²) in [6.45, 7) is 0.344. The van der Waals surface area contributed by atoms with Gasteiger partial charge in [-0.25, -0.2) is 4.79 Å². The zero-order valence-electron chi connectivity index (χ0n) is 15.3. The molecule has 3 N–H and O–H groups in total. The second-order valence-corrected chi connectivity index (χ2v) is 5.90. The average Bonchev–Trinajstić information content (AvgIpc) is 2.73. The van der Waals surface area contributed by atoms with Crippen LogP contribution in [-0.2, 0) is 6.54 Å². The third-order valence-corrected chi connectivity index (χ3v) is 3.92. The Bertz CT molecular complexity index is 961. The van der Waals surface area contributed by atoms with E-state index in [2.05, 4.69) is 20.9 Å². The summed E-state index contributed by atoms with van der Waals surface area (Å²) in [6.07, 6.45) is 3.36. The molecule has 1 heterocycles. The molecule has 0 atom stereocenters. The summed E-state index contributed by atoms with van der Waals surface area (Å²) < 4.78 is 5.14. The van der Waals surface area contributed by atoms with E-state index in [4.69, 9.17) is 4.74 Å². The molecule has 3 amide bonds. The molecule has 0 aliphatic heterocycles. The van der Waals surface area contributed by atoms with Crippen LogP contribution in [-0.4, -0.2) is 24.0 Å². The largest absolute Gasteiger partial charge is 0.497 e. The van der Waals surface area contributed by atoms with Crippen LogP contribution in [0.1, 0.15) is 15.9 Å². The minimum atomic E-state index is -0.458. The summed E-state index contributed by atoms with van der Waals surface area (Å²) in [4.78, 5) is 28.9. The van der Waals surface area contributed by atoms with E-state index in [9.17, 15) is 9.59 Å². The predicted molar refractivity (Wildman–Crippen MR) is 107 cm³/mol. The van der Waals surface area contributed by atoms with Gasteiger partial charge in [0.05, 0.1) is 18.4 Å². The lowest BCUT2D eigenvalue weighted by molar-refractivity contribution is 0.0951. The van der Waals surface area contributed by atoms with Gasteiger partial charge in [-0.2, -0.15) is 0 Å². The molecule has 142 valence electrons. The number of amides is 3. The monoisotopic (exact) mass is 376 g/mol. The number of methoxy groups -OCH3 is 1. The van der Waals surface area contributed by atoms with Crippen molar-refractivity contribution < 1.29 is 14.3 Å². The highest BCUT2D eigenvalue weighted by molar-refractivity contribution is 6.06. The standard InChI is InChI=1S/C21H20N4O3/c1-28-17-8-4-7-16(12-17)24-21(27)25-19-10-3-2-9-18(19)20(26)23-14-15-6-5-11-22-13-15/h2-13H,14H2,1H3,(H,23,26)(H2,24,25,27). The average molecular weight is 376 g/mol. The first kappa shape index (κ1) is 18.9. The van der Waals surface area contributed by atoms with Crippen LogP contribution >= 0.6 is 0 Å². The van der Waals surface area contributed by atoms with Crippen LogP contribution in [0.25, 0.3) is 0 Å². The minimum absolute atomic E-state index is 0.291.